The number of fused-ring (bicyclic) bond motifs is 1. The highest BCUT2D eigenvalue weighted by molar-refractivity contribution is 5.83. The lowest BCUT2D eigenvalue weighted by atomic mass is 9.94. The van der Waals surface area contributed by atoms with Gasteiger partial charge in [0.05, 0.1) is 13.7 Å². The van der Waals surface area contributed by atoms with Crippen LogP contribution in [0.1, 0.15) is 51.4 Å². The minimum absolute atomic E-state index is 0.330. The Morgan fingerprint density at radius 2 is 1.82 bits per heavy atom. The Labute approximate surface area is 165 Å². The van der Waals surface area contributed by atoms with E-state index in [0.29, 0.717) is 35.6 Å². The van der Waals surface area contributed by atoms with Gasteiger partial charge >= 0.3 is 6.01 Å². The van der Waals surface area contributed by atoms with Gasteiger partial charge < -0.3 is 19.9 Å². The van der Waals surface area contributed by atoms with Gasteiger partial charge in [-0.1, -0.05) is 25.7 Å². The first kappa shape index (κ1) is 19.2. The first-order chi connectivity index (χ1) is 13.7. The maximum atomic E-state index is 6.12. The molecule has 2 aromatic heterocycles. The van der Waals surface area contributed by atoms with E-state index >= 15 is 0 Å². The van der Waals surface area contributed by atoms with Crippen LogP contribution in [0.4, 0.5) is 5.82 Å². The molecule has 0 unspecified atom stereocenters. The van der Waals surface area contributed by atoms with Gasteiger partial charge in [0.2, 0.25) is 0 Å². The summed E-state index contributed by atoms with van der Waals surface area (Å²) in [7, 11) is 1.62. The summed E-state index contributed by atoms with van der Waals surface area (Å²) in [4.78, 5) is 13.3. The van der Waals surface area contributed by atoms with Gasteiger partial charge in [0.25, 0.3) is 6.01 Å². The molecule has 0 aromatic carbocycles. The molecule has 8 heteroatoms. The van der Waals surface area contributed by atoms with Crippen molar-refractivity contribution in [3.05, 3.63) is 0 Å². The van der Waals surface area contributed by atoms with Crippen LogP contribution in [0.15, 0.2) is 0 Å². The zero-order valence-electron chi connectivity index (χ0n) is 16.7. The third-order valence-corrected chi connectivity index (χ3v) is 5.79. The normalized spacial score (nSPS) is 17.9. The van der Waals surface area contributed by atoms with E-state index in [1.54, 1.807) is 7.11 Å². The molecule has 1 aliphatic carbocycles. The molecule has 2 aliphatic rings. The molecule has 0 spiro atoms. The van der Waals surface area contributed by atoms with Crippen LogP contribution in [0.5, 0.6) is 12.0 Å². The van der Waals surface area contributed by atoms with Crippen molar-refractivity contribution >= 4 is 17.0 Å². The van der Waals surface area contributed by atoms with Crippen molar-refractivity contribution in [1.82, 2.24) is 19.5 Å². The van der Waals surface area contributed by atoms with Crippen molar-refractivity contribution in [2.24, 2.45) is 11.8 Å². The van der Waals surface area contributed by atoms with Crippen molar-refractivity contribution in [2.75, 3.05) is 32.7 Å². The summed E-state index contributed by atoms with van der Waals surface area (Å²) in [5, 5.41) is 0. The summed E-state index contributed by atoms with van der Waals surface area (Å²) in [6.45, 7) is 3.24. The van der Waals surface area contributed by atoms with Crippen LogP contribution in [0.2, 0.25) is 0 Å². The first-order valence-electron chi connectivity index (χ1n) is 10.5. The Hall–Kier alpha value is -2.09. The molecule has 2 N–H and O–H groups in total. The standard InChI is InChI=1S/C20H31N5O3/c1-26-20-22-16-17(21)23-19(28-13-9-15-5-6-15)24-18(16)25(20)10-3-2-4-14-7-11-27-12-8-14/h14-15H,2-13H2,1H3,(H2,21,23,24). The fourth-order valence-corrected chi connectivity index (χ4v) is 3.86. The maximum Gasteiger partial charge on any atom is 0.320 e. The summed E-state index contributed by atoms with van der Waals surface area (Å²) < 4.78 is 18.7. The van der Waals surface area contributed by atoms with E-state index in [2.05, 4.69) is 15.0 Å². The molecule has 0 bridgehead atoms. The molecular weight excluding hydrogens is 358 g/mol. The predicted octanol–water partition coefficient (Wildman–Crippen LogP) is 3.19. The second-order valence-corrected chi connectivity index (χ2v) is 7.95. The SMILES string of the molecule is COc1nc2c(N)nc(OCCC3CC3)nc2n1CCCCC1CCOCC1. The smallest absolute Gasteiger partial charge is 0.320 e. The van der Waals surface area contributed by atoms with Crippen molar-refractivity contribution in [2.45, 2.75) is 57.9 Å². The summed E-state index contributed by atoms with van der Waals surface area (Å²) in [6, 6.07) is 0.855. The number of rotatable bonds is 10. The molecule has 2 fully saturated rings. The molecule has 1 aliphatic heterocycles. The number of nitrogens with zero attached hydrogens (tertiary/aromatic N) is 4. The van der Waals surface area contributed by atoms with E-state index in [4.69, 9.17) is 19.9 Å². The second kappa shape index (κ2) is 8.94. The number of nitrogens with two attached hydrogens (primary N) is 1. The van der Waals surface area contributed by atoms with Gasteiger partial charge in [0.15, 0.2) is 17.0 Å². The number of hydrogen-bond donors (Lipinski definition) is 1. The van der Waals surface area contributed by atoms with E-state index < -0.39 is 0 Å². The maximum absolute atomic E-state index is 6.12. The van der Waals surface area contributed by atoms with Gasteiger partial charge in [-0.3, -0.25) is 4.57 Å². The topological polar surface area (TPSA) is 97.3 Å². The van der Waals surface area contributed by atoms with Crippen molar-refractivity contribution in [3.63, 3.8) is 0 Å². The zero-order valence-corrected chi connectivity index (χ0v) is 16.7. The van der Waals surface area contributed by atoms with Crippen molar-refractivity contribution in [3.8, 4) is 12.0 Å². The number of nitrogen functional groups attached to an aromatic ring is 1. The number of unbranched alkanes of at least 4 members (excludes halogenated alkanes) is 1. The van der Waals surface area contributed by atoms with Gasteiger partial charge in [0.1, 0.15) is 0 Å². The van der Waals surface area contributed by atoms with E-state index in [1.165, 1.54) is 38.5 Å². The fourth-order valence-electron chi connectivity index (χ4n) is 3.86. The number of anilines is 1. The van der Waals surface area contributed by atoms with Gasteiger partial charge in [0, 0.05) is 19.8 Å². The molecule has 0 amide bonds. The van der Waals surface area contributed by atoms with Crippen LogP contribution in [-0.4, -0.2) is 46.4 Å². The summed E-state index contributed by atoms with van der Waals surface area (Å²) >= 11 is 0. The van der Waals surface area contributed by atoms with E-state index in [0.717, 1.165) is 44.4 Å². The Morgan fingerprint density at radius 3 is 2.57 bits per heavy atom. The van der Waals surface area contributed by atoms with E-state index in [1.807, 2.05) is 4.57 Å². The molecule has 0 atom stereocenters. The molecule has 154 valence electrons. The minimum Gasteiger partial charge on any atom is -0.468 e. The van der Waals surface area contributed by atoms with Gasteiger partial charge in [-0.2, -0.15) is 15.0 Å². The molecule has 4 rings (SSSR count). The average molecular weight is 390 g/mol. The monoisotopic (exact) mass is 389 g/mol. The van der Waals surface area contributed by atoms with E-state index in [9.17, 15) is 0 Å². The molecular formula is C20H31N5O3. The predicted molar refractivity (Wildman–Crippen MR) is 107 cm³/mol. The number of methoxy groups -OCH3 is 1. The molecule has 1 saturated carbocycles. The third kappa shape index (κ3) is 4.66. The molecule has 3 heterocycles. The van der Waals surface area contributed by atoms with Gasteiger partial charge in [-0.15, -0.1) is 0 Å². The van der Waals surface area contributed by atoms with Crippen LogP contribution in [0.3, 0.4) is 0 Å². The number of aromatic nitrogens is 4. The first-order valence-corrected chi connectivity index (χ1v) is 10.5. The summed E-state index contributed by atoms with van der Waals surface area (Å²) in [5.41, 5.74) is 7.39. The van der Waals surface area contributed by atoms with Crippen LogP contribution in [0, 0.1) is 11.8 Å². The van der Waals surface area contributed by atoms with Crippen LogP contribution < -0.4 is 15.2 Å². The average Bonchev–Trinajstić information content (AvgIpc) is 3.46. The van der Waals surface area contributed by atoms with E-state index in [-0.39, 0.29) is 0 Å². The lowest BCUT2D eigenvalue weighted by molar-refractivity contribution is 0.0630. The highest BCUT2D eigenvalue weighted by atomic mass is 16.5. The van der Waals surface area contributed by atoms with Crippen LogP contribution >= 0.6 is 0 Å². The van der Waals surface area contributed by atoms with Crippen molar-refractivity contribution in [1.29, 1.82) is 0 Å². The molecule has 2 aromatic rings. The lowest BCUT2D eigenvalue weighted by Gasteiger charge is -2.21. The fraction of sp³-hybridized carbons (Fsp3) is 0.750. The molecule has 28 heavy (non-hydrogen) atoms. The summed E-state index contributed by atoms with van der Waals surface area (Å²) in [5.74, 6) is 1.94. The second-order valence-electron chi connectivity index (χ2n) is 7.95. The lowest BCUT2D eigenvalue weighted by Crippen LogP contribution is -2.15. The molecule has 0 radical (unpaired) electrons. The van der Waals surface area contributed by atoms with Gasteiger partial charge in [-0.25, -0.2) is 0 Å². The van der Waals surface area contributed by atoms with Crippen molar-refractivity contribution < 1.29 is 14.2 Å². The largest absolute Gasteiger partial charge is 0.468 e. The third-order valence-electron chi connectivity index (χ3n) is 5.79. The molecule has 1 saturated heterocycles. The number of hydrogen-bond acceptors (Lipinski definition) is 7. The zero-order chi connectivity index (χ0) is 19.3. The molecule has 8 nitrogen and oxygen atoms in total. The Balaban J connectivity index is 1.41. The quantitative estimate of drug-likeness (QED) is 0.623. The highest BCUT2D eigenvalue weighted by Gasteiger charge is 2.22. The van der Waals surface area contributed by atoms with Gasteiger partial charge in [-0.05, 0) is 37.5 Å². The minimum atomic E-state index is 0.330. The number of aryl methyl sites for hydroxylation is 1. The highest BCUT2D eigenvalue weighted by Crippen LogP contribution is 2.32. The Bertz CT molecular complexity index is 784. The number of ether oxygens (including phenoxy) is 3. The Morgan fingerprint density at radius 1 is 1.04 bits per heavy atom. The Kier molecular flexibility index (Phi) is 6.14. The number of imidazole rings is 1. The van der Waals surface area contributed by atoms with Crippen LogP contribution in [0.25, 0.3) is 11.2 Å². The summed E-state index contributed by atoms with van der Waals surface area (Å²) in [6.07, 6.45) is 9.48. The van der Waals surface area contributed by atoms with Crippen LogP contribution in [-0.2, 0) is 11.3 Å².